The van der Waals surface area contributed by atoms with Gasteiger partial charge in [-0.25, -0.2) is 10.2 Å². The fraction of sp³-hybridized carbons (Fsp3) is 0.148. The highest BCUT2D eigenvalue weighted by Crippen LogP contribution is 2.29. The first kappa shape index (κ1) is 27.9. The summed E-state index contributed by atoms with van der Waals surface area (Å²) < 4.78 is 15.7. The first-order valence-electron chi connectivity index (χ1n) is 11.3. The van der Waals surface area contributed by atoms with E-state index in [1.807, 2.05) is 0 Å². The topological polar surface area (TPSA) is 132 Å². The maximum atomic E-state index is 12.8. The molecule has 0 unspecified atom stereocenters. The summed E-state index contributed by atoms with van der Waals surface area (Å²) in [6, 6.07) is 15.0. The Kier molecular flexibility index (Phi) is 9.55. The minimum atomic E-state index is -0.714. The van der Waals surface area contributed by atoms with Crippen molar-refractivity contribution in [3.8, 4) is 17.2 Å². The molecule has 10 nitrogen and oxygen atoms in total. The lowest BCUT2D eigenvalue weighted by Crippen LogP contribution is -2.18. The van der Waals surface area contributed by atoms with Crippen LogP contribution in [0.2, 0.25) is 5.02 Å². The highest BCUT2D eigenvalue weighted by Gasteiger charge is 2.16. The van der Waals surface area contributed by atoms with Crippen LogP contribution in [0.25, 0.3) is 0 Å². The van der Waals surface area contributed by atoms with Crippen molar-refractivity contribution < 1.29 is 33.4 Å². The van der Waals surface area contributed by atoms with E-state index in [1.54, 1.807) is 31.2 Å². The molecule has 0 bridgehead atoms. The number of hydrazone groups is 1. The number of rotatable bonds is 9. The van der Waals surface area contributed by atoms with Gasteiger partial charge in [-0.3, -0.25) is 14.4 Å². The second kappa shape index (κ2) is 13.0. The fourth-order valence-electron chi connectivity index (χ4n) is 3.08. The zero-order valence-electron chi connectivity index (χ0n) is 20.7. The van der Waals surface area contributed by atoms with E-state index in [2.05, 4.69) is 15.8 Å². The predicted molar refractivity (Wildman–Crippen MR) is 141 cm³/mol. The molecule has 0 saturated carbocycles. The SMILES string of the molecule is CCC(=O)Nc1ccc(C(=O)N/N=C/c2cc(Cl)ccc2OC(=O)c2ccc(OC(C)=O)c(OC)c2)cc1. The maximum Gasteiger partial charge on any atom is 0.343 e. The number of nitrogens with one attached hydrogen (secondary N) is 2. The Morgan fingerprint density at radius 1 is 0.895 bits per heavy atom. The molecule has 38 heavy (non-hydrogen) atoms. The third kappa shape index (κ3) is 7.65. The molecule has 3 rings (SSSR count). The van der Waals surface area contributed by atoms with Gasteiger partial charge in [0.05, 0.1) is 18.9 Å². The number of carbonyl (C=O) groups is 4. The summed E-state index contributed by atoms with van der Waals surface area (Å²) in [7, 11) is 1.37. The molecule has 196 valence electrons. The molecule has 2 N–H and O–H groups in total. The average Bonchev–Trinajstić information content (AvgIpc) is 2.90. The predicted octanol–water partition coefficient (Wildman–Crippen LogP) is 4.61. The number of hydrogen-bond acceptors (Lipinski definition) is 8. The summed E-state index contributed by atoms with van der Waals surface area (Å²) in [5.74, 6) is -1.40. The van der Waals surface area contributed by atoms with E-state index in [-0.39, 0.29) is 28.7 Å². The van der Waals surface area contributed by atoms with Crippen LogP contribution in [0.4, 0.5) is 5.69 Å². The van der Waals surface area contributed by atoms with Crippen molar-refractivity contribution in [3.63, 3.8) is 0 Å². The summed E-state index contributed by atoms with van der Waals surface area (Å²) in [5.41, 5.74) is 3.75. The highest BCUT2D eigenvalue weighted by molar-refractivity contribution is 6.31. The number of benzene rings is 3. The summed E-state index contributed by atoms with van der Waals surface area (Å²) in [6.07, 6.45) is 1.63. The van der Waals surface area contributed by atoms with Gasteiger partial charge in [-0.2, -0.15) is 5.10 Å². The van der Waals surface area contributed by atoms with E-state index in [4.69, 9.17) is 25.8 Å². The Balaban J connectivity index is 1.71. The van der Waals surface area contributed by atoms with Gasteiger partial charge in [0.15, 0.2) is 11.5 Å². The first-order chi connectivity index (χ1) is 18.2. The van der Waals surface area contributed by atoms with Crippen molar-refractivity contribution in [1.82, 2.24) is 5.43 Å². The monoisotopic (exact) mass is 537 g/mol. The van der Waals surface area contributed by atoms with Crippen LogP contribution in [0.3, 0.4) is 0 Å². The van der Waals surface area contributed by atoms with Gasteiger partial charge in [-0.05, 0) is 60.7 Å². The van der Waals surface area contributed by atoms with E-state index in [0.29, 0.717) is 28.3 Å². The van der Waals surface area contributed by atoms with E-state index >= 15 is 0 Å². The van der Waals surface area contributed by atoms with Gasteiger partial charge in [0.25, 0.3) is 5.91 Å². The number of methoxy groups -OCH3 is 1. The zero-order valence-corrected chi connectivity index (χ0v) is 21.5. The van der Waals surface area contributed by atoms with Crippen molar-refractivity contribution in [2.45, 2.75) is 20.3 Å². The maximum absolute atomic E-state index is 12.8. The van der Waals surface area contributed by atoms with Crippen LogP contribution in [-0.2, 0) is 9.59 Å². The molecule has 0 aliphatic rings. The van der Waals surface area contributed by atoms with E-state index < -0.39 is 17.8 Å². The van der Waals surface area contributed by atoms with E-state index in [0.717, 1.165) is 0 Å². The minimum absolute atomic E-state index is 0.136. The number of amides is 2. The van der Waals surface area contributed by atoms with Gasteiger partial charge < -0.3 is 19.5 Å². The second-order valence-electron chi connectivity index (χ2n) is 7.71. The van der Waals surface area contributed by atoms with Crippen molar-refractivity contribution >= 4 is 47.3 Å². The summed E-state index contributed by atoms with van der Waals surface area (Å²) >= 11 is 6.09. The molecule has 0 fully saturated rings. The van der Waals surface area contributed by atoms with E-state index in [9.17, 15) is 19.2 Å². The third-order valence-corrected chi connectivity index (χ3v) is 5.18. The van der Waals surface area contributed by atoms with Gasteiger partial charge in [0.1, 0.15) is 5.75 Å². The quantitative estimate of drug-likeness (QED) is 0.176. The van der Waals surface area contributed by atoms with Gasteiger partial charge >= 0.3 is 11.9 Å². The van der Waals surface area contributed by atoms with Crippen LogP contribution >= 0.6 is 11.6 Å². The number of carbonyl (C=O) groups excluding carboxylic acids is 4. The number of nitrogens with zero attached hydrogens (tertiary/aromatic N) is 1. The Bertz CT molecular complexity index is 1390. The molecule has 3 aromatic rings. The minimum Gasteiger partial charge on any atom is -0.493 e. The third-order valence-electron chi connectivity index (χ3n) is 4.95. The summed E-state index contributed by atoms with van der Waals surface area (Å²) in [4.78, 5) is 47.9. The number of hydrogen-bond donors (Lipinski definition) is 2. The van der Waals surface area contributed by atoms with Crippen LogP contribution in [0.5, 0.6) is 17.2 Å². The van der Waals surface area contributed by atoms with Crippen molar-refractivity contribution in [2.24, 2.45) is 5.10 Å². The highest BCUT2D eigenvalue weighted by atomic mass is 35.5. The van der Waals surface area contributed by atoms with Crippen molar-refractivity contribution in [2.75, 3.05) is 12.4 Å². The van der Waals surface area contributed by atoms with Crippen LogP contribution in [0, 0.1) is 0 Å². The lowest BCUT2D eigenvalue weighted by atomic mass is 10.2. The van der Waals surface area contributed by atoms with Crippen molar-refractivity contribution in [3.05, 3.63) is 82.4 Å². The molecule has 3 aromatic carbocycles. The molecule has 0 saturated heterocycles. The van der Waals surface area contributed by atoms with Gasteiger partial charge in [-0.1, -0.05) is 18.5 Å². The number of esters is 2. The van der Waals surface area contributed by atoms with Gasteiger partial charge in [0, 0.05) is 35.2 Å². The van der Waals surface area contributed by atoms with Gasteiger partial charge in [0.2, 0.25) is 5.91 Å². The molecular formula is C27H24ClN3O7. The molecule has 0 atom stereocenters. The van der Waals surface area contributed by atoms with Crippen molar-refractivity contribution in [1.29, 1.82) is 0 Å². The Hall–Kier alpha value is -4.70. The molecule has 0 aliphatic heterocycles. The molecule has 0 aromatic heterocycles. The molecule has 0 aliphatic carbocycles. The number of halogens is 1. The first-order valence-corrected chi connectivity index (χ1v) is 11.7. The standard InChI is InChI=1S/C27H24ClN3O7/c1-4-25(33)30-21-9-5-17(6-10-21)26(34)31-29-15-19-13-20(28)8-12-22(19)38-27(35)18-7-11-23(37-16(2)32)24(14-18)36-3/h5-15H,4H2,1-3H3,(H,30,33)(H,31,34)/b29-15+. The zero-order chi connectivity index (χ0) is 27.7. The average molecular weight is 538 g/mol. The van der Waals surface area contributed by atoms with E-state index in [1.165, 1.54) is 56.6 Å². The molecule has 2 amide bonds. The molecule has 11 heteroatoms. The van der Waals surface area contributed by atoms with Crippen LogP contribution in [-0.4, -0.2) is 37.1 Å². The number of ether oxygens (including phenoxy) is 3. The Labute approximate surface area is 223 Å². The largest absolute Gasteiger partial charge is 0.493 e. The summed E-state index contributed by atoms with van der Waals surface area (Å²) in [6.45, 7) is 2.99. The summed E-state index contributed by atoms with van der Waals surface area (Å²) in [5, 5.41) is 6.99. The lowest BCUT2D eigenvalue weighted by molar-refractivity contribution is -0.132. The smallest absolute Gasteiger partial charge is 0.343 e. The van der Waals surface area contributed by atoms with Gasteiger partial charge in [-0.15, -0.1) is 0 Å². The fourth-order valence-corrected chi connectivity index (χ4v) is 3.27. The molecule has 0 radical (unpaired) electrons. The molecule has 0 heterocycles. The van der Waals surface area contributed by atoms with Crippen LogP contribution < -0.4 is 25.0 Å². The number of anilines is 1. The van der Waals surface area contributed by atoms with Crippen LogP contribution in [0.1, 0.15) is 46.5 Å². The Morgan fingerprint density at radius 3 is 2.24 bits per heavy atom. The van der Waals surface area contributed by atoms with Crippen LogP contribution in [0.15, 0.2) is 65.8 Å². The second-order valence-corrected chi connectivity index (χ2v) is 8.15. The Morgan fingerprint density at radius 2 is 1.58 bits per heavy atom. The normalized spacial score (nSPS) is 10.5. The lowest BCUT2D eigenvalue weighted by Gasteiger charge is -2.11. The molecule has 0 spiro atoms. The molecular weight excluding hydrogens is 514 g/mol.